The largest absolute Gasteiger partial charge is 0.447 e. The van der Waals surface area contributed by atoms with E-state index in [0.717, 1.165) is 5.69 Å². The van der Waals surface area contributed by atoms with Gasteiger partial charge in [-0.25, -0.2) is 9.78 Å². The topological polar surface area (TPSA) is 128 Å². The maximum atomic E-state index is 11.8. The van der Waals surface area contributed by atoms with Crippen LogP contribution in [0.15, 0.2) is 18.3 Å². The van der Waals surface area contributed by atoms with E-state index < -0.39 is 18.2 Å². The first kappa shape index (κ1) is 17.9. The van der Waals surface area contributed by atoms with E-state index in [2.05, 4.69) is 30.8 Å². The van der Waals surface area contributed by atoms with Gasteiger partial charge in [-0.05, 0) is 20.8 Å². The average Bonchev–Trinajstić information content (AvgIpc) is 3.16. The number of carbonyl (C=O) groups is 1. The lowest BCUT2D eigenvalue weighted by atomic mass is 10.2. The molecule has 0 bridgehead atoms. The number of amides is 1. The first-order chi connectivity index (χ1) is 12.4. The lowest BCUT2D eigenvalue weighted by molar-refractivity contribution is 0.100. The summed E-state index contributed by atoms with van der Waals surface area (Å²) in [5, 5.41) is 22.7. The fourth-order valence-electron chi connectivity index (χ4n) is 2.71. The summed E-state index contributed by atoms with van der Waals surface area (Å²) in [5.74, 6) is 1.81. The predicted octanol–water partition coefficient (Wildman–Crippen LogP) is 0.936. The summed E-state index contributed by atoms with van der Waals surface area (Å²) in [5.41, 5.74) is 0.780. The highest BCUT2D eigenvalue weighted by Crippen LogP contribution is 2.21. The van der Waals surface area contributed by atoms with Gasteiger partial charge in [-0.3, -0.25) is 5.10 Å². The van der Waals surface area contributed by atoms with Crippen molar-refractivity contribution in [1.29, 1.82) is 0 Å². The van der Waals surface area contributed by atoms with Crippen LogP contribution in [0.2, 0.25) is 0 Å². The number of anilines is 3. The summed E-state index contributed by atoms with van der Waals surface area (Å²) in [6.07, 6.45) is 0.141. The molecule has 2 aromatic rings. The van der Waals surface area contributed by atoms with Gasteiger partial charge in [0.05, 0.1) is 24.4 Å². The van der Waals surface area contributed by atoms with Gasteiger partial charge < -0.3 is 25.4 Å². The molecule has 0 spiro atoms. The van der Waals surface area contributed by atoms with Gasteiger partial charge in [0.15, 0.2) is 0 Å². The van der Waals surface area contributed by atoms with Crippen LogP contribution in [-0.4, -0.2) is 62.7 Å². The SMILES string of the molecule is Cc1cc(Nc2ccn[nH]2)nc(N2C[C@@H](O)[C@H](NC(=O)OC(C)C)C2)n1. The molecule has 10 nitrogen and oxygen atoms in total. The Hall–Kier alpha value is -2.88. The van der Waals surface area contributed by atoms with E-state index in [1.54, 1.807) is 26.1 Å². The molecule has 0 aliphatic carbocycles. The van der Waals surface area contributed by atoms with Crippen LogP contribution in [0.1, 0.15) is 19.5 Å². The molecule has 1 fully saturated rings. The van der Waals surface area contributed by atoms with Gasteiger partial charge in [-0.1, -0.05) is 0 Å². The fourth-order valence-corrected chi connectivity index (χ4v) is 2.71. The van der Waals surface area contributed by atoms with Crippen molar-refractivity contribution < 1.29 is 14.6 Å². The minimum atomic E-state index is -0.733. The van der Waals surface area contributed by atoms with E-state index in [-0.39, 0.29) is 6.10 Å². The van der Waals surface area contributed by atoms with Crippen LogP contribution in [0.3, 0.4) is 0 Å². The zero-order chi connectivity index (χ0) is 18.7. The molecule has 1 saturated heterocycles. The van der Waals surface area contributed by atoms with Crippen LogP contribution in [-0.2, 0) is 4.74 Å². The Morgan fingerprint density at radius 3 is 2.92 bits per heavy atom. The summed E-state index contributed by atoms with van der Waals surface area (Å²) < 4.78 is 5.07. The van der Waals surface area contributed by atoms with Gasteiger partial charge in [-0.2, -0.15) is 10.1 Å². The number of aliphatic hydroxyl groups excluding tert-OH is 1. The van der Waals surface area contributed by atoms with Gasteiger partial charge >= 0.3 is 6.09 Å². The van der Waals surface area contributed by atoms with Crippen LogP contribution in [0, 0.1) is 6.92 Å². The number of H-pyrrole nitrogens is 1. The molecule has 140 valence electrons. The van der Waals surface area contributed by atoms with Crippen molar-refractivity contribution in [3.05, 3.63) is 24.0 Å². The second-order valence-electron chi connectivity index (χ2n) is 6.47. The number of β-amino-alcohol motifs (C(OH)–C–C–N with tert-alkyl or cyclic N) is 1. The number of aromatic amines is 1. The summed E-state index contributed by atoms with van der Waals surface area (Å²) in [6, 6.07) is 3.15. The number of ether oxygens (including phenoxy) is 1. The normalized spacial score (nSPS) is 19.7. The molecule has 1 aliphatic heterocycles. The Balaban J connectivity index is 1.69. The third-order valence-electron chi connectivity index (χ3n) is 3.82. The number of aliphatic hydroxyl groups is 1. The number of carbonyl (C=O) groups excluding carboxylic acids is 1. The number of nitrogens with one attached hydrogen (secondary N) is 3. The summed E-state index contributed by atoms with van der Waals surface area (Å²) >= 11 is 0. The van der Waals surface area contributed by atoms with Crippen molar-refractivity contribution in [2.24, 2.45) is 0 Å². The van der Waals surface area contributed by atoms with Crippen LogP contribution in [0.25, 0.3) is 0 Å². The van der Waals surface area contributed by atoms with Crippen molar-refractivity contribution in [3.8, 4) is 0 Å². The van der Waals surface area contributed by atoms with E-state index in [0.29, 0.717) is 30.7 Å². The van der Waals surface area contributed by atoms with Crippen LogP contribution < -0.4 is 15.5 Å². The first-order valence-corrected chi connectivity index (χ1v) is 8.43. The Morgan fingerprint density at radius 1 is 1.42 bits per heavy atom. The Morgan fingerprint density at radius 2 is 2.23 bits per heavy atom. The quantitative estimate of drug-likeness (QED) is 0.619. The molecule has 10 heteroatoms. The maximum Gasteiger partial charge on any atom is 0.407 e. The highest BCUT2D eigenvalue weighted by Gasteiger charge is 2.34. The van der Waals surface area contributed by atoms with Gasteiger partial charge in [-0.15, -0.1) is 0 Å². The maximum absolute atomic E-state index is 11.8. The molecule has 2 atom stereocenters. The van der Waals surface area contributed by atoms with Crippen molar-refractivity contribution in [3.63, 3.8) is 0 Å². The molecule has 26 heavy (non-hydrogen) atoms. The molecule has 0 saturated carbocycles. The number of hydrogen-bond donors (Lipinski definition) is 4. The standard InChI is InChI=1S/C16H23N7O3/c1-9(2)26-16(25)19-11-7-23(8-12(11)24)15-18-10(3)6-14(21-15)20-13-4-5-17-22-13/h4-6,9,11-12,24H,7-8H2,1-3H3,(H,19,25)(H2,17,18,20,21,22)/t11-,12-/m1/s1. The van der Waals surface area contributed by atoms with Crippen LogP contribution in [0.5, 0.6) is 0 Å². The van der Waals surface area contributed by atoms with E-state index in [1.807, 2.05) is 17.9 Å². The monoisotopic (exact) mass is 361 g/mol. The molecular formula is C16H23N7O3. The average molecular weight is 361 g/mol. The van der Waals surface area contributed by atoms with E-state index >= 15 is 0 Å². The zero-order valence-electron chi connectivity index (χ0n) is 14.9. The van der Waals surface area contributed by atoms with E-state index in [1.165, 1.54) is 0 Å². The molecule has 4 N–H and O–H groups in total. The number of alkyl carbamates (subject to hydrolysis) is 1. The molecular weight excluding hydrogens is 338 g/mol. The molecule has 1 aliphatic rings. The van der Waals surface area contributed by atoms with E-state index in [9.17, 15) is 9.90 Å². The third-order valence-corrected chi connectivity index (χ3v) is 3.82. The summed E-state index contributed by atoms with van der Waals surface area (Å²) in [6.45, 7) is 6.12. The Bertz CT molecular complexity index is 750. The first-order valence-electron chi connectivity index (χ1n) is 8.43. The lowest BCUT2D eigenvalue weighted by Gasteiger charge is -2.18. The molecule has 3 heterocycles. The summed E-state index contributed by atoms with van der Waals surface area (Å²) in [7, 11) is 0. The molecule has 0 unspecified atom stereocenters. The highest BCUT2D eigenvalue weighted by molar-refractivity contribution is 5.68. The third kappa shape index (κ3) is 4.39. The molecule has 0 radical (unpaired) electrons. The Labute approximate surface area is 151 Å². The smallest absolute Gasteiger partial charge is 0.407 e. The van der Waals surface area contributed by atoms with Gasteiger partial charge in [0.1, 0.15) is 11.6 Å². The fraction of sp³-hybridized carbons (Fsp3) is 0.500. The van der Waals surface area contributed by atoms with Crippen molar-refractivity contribution in [2.45, 2.75) is 39.0 Å². The zero-order valence-corrected chi connectivity index (χ0v) is 14.9. The highest BCUT2D eigenvalue weighted by atomic mass is 16.6. The minimum Gasteiger partial charge on any atom is -0.447 e. The van der Waals surface area contributed by atoms with Crippen LogP contribution in [0.4, 0.5) is 22.4 Å². The van der Waals surface area contributed by atoms with Crippen molar-refractivity contribution in [1.82, 2.24) is 25.5 Å². The molecule has 0 aromatic carbocycles. The van der Waals surface area contributed by atoms with Crippen LogP contribution >= 0.6 is 0 Å². The second kappa shape index (κ2) is 7.56. The lowest BCUT2D eigenvalue weighted by Crippen LogP contribution is -2.43. The molecule has 1 amide bonds. The van der Waals surface area contributed by atoms with Gasteiger partial charge in [0.25, 0.3) is 0 Å². The van der Waals surface area contributed by atoms with Gasteiger partial charge in [0.2, 0.25) is 5.95 Å². The predicted molar refractivity (Wildman–Crippen MR) is 95.4 cm³/mol. The number of hydrogen-bond acceptors (Lipinski definition) is 8. The molecule has 3 rings (SSSR count). The number of rotatable bonds is 5. The number of aryl methyl sites for hydroxylation is 1. The van der Waals surface area contributed by atoms with E-state index in [4.69, 9.17) is 4.74 Å². The summed E-state index contributed by atoms with van der Waals surface area (Å²) in [4.78, 5) is 22.5. The molecule has 2 aromatic heterocycles. The number of aromatic nitrogens is 4. The Kier molecular flexibility index (Phi) is 5.21. The van der Waals surface area contributed by atoms with Crippen molar-refractivity contribution in [2.75, 3.05) is 23.3 Å². The van der Waals surface area contributed by atoms with Gasteiger partial charge in [0, 0.05) is 30.9 Å². The second-order valence-corrected chi connectivity index (χ2v) is 6.47. The minimum absolute atomic E-state index is 0.221. The van der Waals surface area contributed by atoms with Crippen molar-refractivity contribution >= 4 is 23.7 Å². The number of nitrogens with zero attached hydrogens (tertiary/aromatic N) is 4.